The van der Waals surface area contributed by atoms with Gasteiger partial charge in [0.15, 0.2) is 5.69 Å². The Balaban J connectivity index is 1.79. The summed E-state index contributed by atoms with van der Waals surface area (Å²) in [5.41, 5.74) is 1.07. The van der Waals surface area contributed by atoms with Crippen molar-refractivity contribution in [2.45, 2.75) is 31.3 Å². The molecule has 1 aliphatic heterocycles. The van der Waals surface area contributed by atoms with Crippen molar-refractivity contribution in [3.8, 4) is 0 Å². The second kappa shape index (κ2) is 6.45. The first-order chi connectivity index (χ1) is 11.0. The molecule has 6 nitrogen and oxygen atoms in total. The minimum absolute atomic E-state index is 0.0000759. The van der Waals surface area contributed by atoms with Crippen LogP contribution in [0.25, 0.3) is 0 Å². The van der Waals surface area contributed by atoms with E-state index in [4.69, 9.17) is 4.42 Å². The minimum atomic E-state index is -0.282. The van der Waals surface area contributed by atoms with Crippen molar-refractivity contribution in [3.05, 3.63) is 42.1 Å². The molecule has 0 bridgehead atoms. The highest BCUT2D eigenvalue weighted by atomic mass is 32.2. The lowest BCUT2D eigenvalue weighted by molar-refractivity contribution is -0.116. The molecule has 0 atom stereocenters. The molecule has 120 valence electrons. The predicted molar refractivity (Wildman–Crippen MR) is 87.5 cm³/mol. The zero-order valence-electron chi connectivity index (χ0n) is 12.9. The summed E-state index contributed by atoms with van der Waals surface area (Å²) in [4.78, 5) is 31.0. The van der Waals surface area contributed by atoms with E-state index in [1.165, 1.54) is 18.0 Å². The fraction of sp³-hybridized carbons (Fsp3) is 0.312. The summed E-state index contributed by atoms with van der Waals surface area (Å²) in [6, 6.07) is 7.74. The number of nitrogens with zero attached hydrogens (tertiary/aromatic N) is 2. The quantitative estimate of drug-likeness (QED) is 0.931. The van der Waals surface area contributed by atoms with Crippen LogP contribution in [0.15, 0.2) is 39.8 Å². The van der Waals surface area contributed by atoms with E-state index >= 15 is 0 Å². The number of benzene rings is 1. The molecule has 7 heteroatoms. The van der Waals surface area contributed by atoms with Crippen LogP contribution in [-0.2, 0) is 11.3 Å². The van der Waals surface area contributed by atoms with Crippen molar-refractivity contribution >= 4 is 29.3 Å². The Hall–Kier alpha value is -2.28. The van der Waals surface area contributed by atoms with Crippen molar-refractivity contribution in [2.24, 2.45) is 0 Å². The molecular weight excluding hydrogens is 314 g/mol. The van der Waals surface area contributed by atoms with Crippen LogP contribution in [0.4, 0.5) is 5.69 Å². The van der Waals surface area contributed by atoms with E-state index in [0.29, 0.717) is 11.6 Å². The molecule has 0 spiro atoms. The molecule has 0 aliphatic carbocycles. The molecule has 0 radical (unpaired) electrons. The van der Waals surface area contributed by atoms with Gasteiger partial charge in [0, 0.05) is 10.9 Å². The van der Waals surface area contributed by atoms with Crippen LogP contribution >= 0.6 is 11.8 Å². The largest absolute Gasteiger partial charge is 0.446 e. The fourth-order valence-electron chi connectivity index (χ4n) is 2.29. The van der Waals surface area contributed by atoms with E-state index in [9.17, 15) is 9.59 Å². The SMILES string of the molecule is CC(C)NC(=O)c1coc(CN2C(=O)CSc3ccccc32)n1. The molecule has 1 aromatic heterocycles. The van der Waals surface area contributed by atoms with Crippen LogP contribution in [0.1, 0.15) is 30.2 Å². The van der Waals surface area contributed by atoms with Gasteiger partial charge >= 0.3 is 0 Å². The van der Waals surface area contributed by atoms with E-state index in [-0.39, 0.29) is 30.1 Å². The van der Waals surface area contributed by atoms with Crippen LogP contribution in [0.3, 0.4) is 0 Å². The molecule has 2 amide bonds. The highest BCUT2D eigenvalue weighted by Crippen LogP contribution is 2.35. The third kappa shape index (κ3) is 3.39. The van der Waals surface area contributed by atoms with Crippen LogP contribution in [0, 0.1) is 0 Å². The number of amides is 2. The summed E-state index contributed by atoms with van der Waals surface area (Å²) in [5, 5.41) is 2.76. The lowest BCUT2D eigenvalue weighted by Gasteiger charge is -2.27. The van der Waals surface area contributed by atoms with Gasteiger partial charge in [-0.05, 0) is 26.0 Å². The molecule has 1 N–H and O–H groups in total. The van der Waals surface area contributed by atoms with Crippen molar-refractivity contribution in [3.63, 3.8) is 0 Å². The van der Waals surface area contributed by atoms with E-state index in [2.05, 4.69) is 10.3 Å². The number of hydrogen-bond donors (Lipinski definition) is 1. The first-order valence-electron chi connectivity index (χ1n) is 7.32. The Morgan fingerprint density at radius 2 is 2.22 bits per heavy atom. The standard InChI is InChI=1S/C16H17N3O3S/c1-10(2)17-16(21)11-8-22-14(18-11)7-19-12-5-3-4-6-13(12)23-9-15(19)20/h3-6,8,10H,7,9H2,1-2H3,(H,17,21). The molecule has 1 aromatic carbocycles. The van der Waals surface area contributed by atoms with Gasteiger partial charge in [0.1, 0.15) is 12.8 Å². The van der Waals surface area contributed by atoms with E-state index in [0.717, 1.165) is 10.6 Å². The summed E-state index contributed by atoms with van der Waals surface area (Å²) in [6.07, 6.45) is 1.32. The third-order valence-electron chi connectivity index (χ3n) is 3.31. The Morgan fingerprint density at radius 3 is 3.00 bits per heavy atom. The first kappa shape index (κ1) is 15.6. The number of hydrogen-bond acceptors (Lipinski definition) is 5. The molecule has 0 saturated heterocycles. The normalized spacial score (nSPS) is 14.0. The van der Waals surface area contributed by atoms with Crippen molar-refractivity contribution in [1.82, 2.24) is 10.3 Å². The molecule has 0 saturated carbocycles. The number of para-hydroxylation sites is 1. The van der Waals surface area contributed by atoms with Crippen molar-refractivity contribution in [2.75, 3.05) is 10.7 Å². The Labute approximate surface area is 138 Å². The zero-order valence-corrected chi connectivity index (χ0v) is 13.7. The van der Waals surface area contributed by atoms with Gasteiger partial charge in [-0.3, -0.25) is 9.59 Å². The van der Waals surface area contributed by atoms with Gasteiger partial charge < -0.3 is 14.6 Å². The van der Waals surface area contributed by atoms with Gasteiger partial charge in [-0.2, -0.15) is 0 Å². The summed E-state index contributed by atoms with van der Waals surface area (Å²) >= 11 is 1.52. The first-order valence-corrected chi connectivity index (χ1v) is 8.30. The molecule has 0 fully saturated rings. The van der Waals surface area contributed by atoms with E-state index < -0.39 is 0 Å². The summed E-state index contributed by atoms with van der Waals surface area (Å²) < 4.78 is 5.36. The van der Waals surface area contributed by atoms with Crippen LogP contribution in [-0.4, -0.2) is 28.6 Å². The fourth-order valence-corrected chi connectivity index (χ4v) is 3.22. The van der Waals surface area contributed by atoms with Gasteiger partial charge in [0.25, 0.3) is 5.91 Å². The molecule has 2 aromatic rings. The van der Waals surface area contributed by atoms with Crippen LogP contribution < -0.4 is 10.2 Å². The maximum absolute atomic E-state index is 12.2. The highest BCUT2D eigenvalue weighted by molar-refractivity contribution is 8.00. The summed E-state index contributed by atoms with van der Waals surface area (Å²) in [5.74, 6) is 0.447. The maximum Gasteiger partial charge on any atom is 0.273 e. The number of rotatable bonds is 4. The molecule has 3 rings (SSSR count). The molecule has 2 heterocycles. The number of fused-ring (bicyclic) bond motifs is 1. The molecule has 0 unspecified atom stereocenters. The number of carbonyl (C=O) groups is 2. The second-order valence-electron chi connectivity index (χ2n) is 5.49. The zero-order chi connectivity index (χ0) is 16.4. The van der Waals surface area contributed by atoms with E-state index in [1.807, 2.05) is 38.1 Å². The van der Waals surface area contributed by atoms with Gasteiger partial charge in [-0.15, -0.1) is 11.8 Å². The number of oxazole rings is 1. The minimum Gasteiger partial charge on any atom is -0.446 e. The van der Waals surface area contributed by atoms with Crippen LogP contribution in [0.5, 0.6) is 0 Å². The lowest BCUT2D eigenvalue weighted by Crippen LogP contribution is -2.35. The average molecular weight is 331 g/mol. The summed E-state index contributed by atoms with van der Waals surface area (Å²) in [7, 11) is 0. The number of thioether (sulfide) groups is 1. The van der Waals surface area contributed by atoms with Crippen molar-refractivity contribution in [1.29, 1.82) is 0 Å². The second-order valence-corrected chi connectivity index (χ2v) is 6.51. The monoisotopic (exact) mass is 331 g/mol. The molecule has 23 heavy (non-hydrogen) atoms. The Kier molecular flexibility index (Phi) is 4.38. The smallest absolute Gasteiger partial charge is 0.273 e. The number of anilines is 1. The average Bonchev–Trinajstić information content (AvgIpc) is 2.98. The molecular formula is C16H17N3O3S. The Morgan fingerprint density at radius 1 is 1.43 bits per heavy atom. The topological polar surface area (TPSA) is 75.4 Å². The Bertz CT molecular complexity index is 742. The predicted octanol–water partition coefficient (Wildman–Crippen LogP) is 2.45. The van der Waals surface area contributed by atoms with Gasteiger partial charge in [0.05, 0.1) is 11.4 Å². The number of nitrogens with one attached hydrogen (secondary N) is 1. The third-order valence-corrected chi connectivity index (χ3v) is 4.35. The van der Waals surface area contributed by atoms with Crippen LogP contribution in [0.2, 0.25) is 0 Å². The highest BCUT2D eigenvalue weighted by Gasteiger charge is 2.26. The van der Waals surface area contributed by atoms with E-state index in [1.54, 1.807) is 4.90 Å². The number of aromatic nitrogens is 1. The lowest BCUT2D eigenvalue weighted by atomic mass is 10.2. The maximum atomic E-state index is 12.2. The van der Waals surface area contributed by atoms with Crippen molar-refractivity contribution < 1.29 is 14.0 Å². The van der Waals surface area contributed by atoms with Gasteiger partial charge in [-0.1, -0.05) is 12.1 Å². The summed E-state index contributed by atoms with van der Waals surface area (Å²) in [6.45, 7) is 3.96. The molecule has 1 aliphatic rings. The van der Waals surface area contributed by atoms with Gasteiger partial charge in [0.2, 0.25) is 11.8 Å². The number of carbonyl (C=O) groups excluding carboxylic acids is 2. The van der Waals surface area contributed by atoms with Gasteiger partial charge in [-0.25, -0.2) is 4.98 Å².